The Morgan fingerprint density at radius 2 is 2.00 bits per heavy atom. The summed E-state index contributed by atoms with van der Waals surface area (Å²) in [5.41, 5.74) is 0.554. The van der Waals surface area contributed by atoms with Crippen molar-refractivity contribution in [3.8, 4) is 0 Å². The molecule has 1 aliphatic rings. The largest absolute Gasteiger partial charge is 0.344 e. The Morgan fingerprint density at radius 3 is 2.57 bits per heavy atom. The minimum absolute atomic E-state index is 0.191. The van der Waals surface area contributed by atoms with E-state index < -0.39 is 6.04 Å². The number of carbonyl (C=O) groups excluding carboxylic acids is 2. The van der Waals surface area contributed by atoms with Crippen LogP contribution in [0.25, 0.3) is 0 Å². The van der Waals surface area contributed by atoms with Crippen LogP contribution in [0.15, 0.2) is 22.7 Å². The topological polar surface area (TPSA) is 58.2 Å². The van der Waals surface area contributed by atoms with E-state index in [0.29, 0.717) is 10.7 Å². The van der Waals surface area contributed by atoms with E-state index in [0.717, 1.165) is 30.2 Å². The molecule has 0 aromatic heterocycles. The van der Waals surface area contributed by atoms with Gasteiger partial charge in [-0.3, -0.25) is 9.59 Å². The van der Waals surface area contributed by atoms with Crippen LogP contribution in [0.2, 0.25) is 5.02 Å². The van der Waals surface area contributed by atoms with Crippen molar-refractivity contribution in [2.45, 2.75) is 38.6 Å². The highest BCUT2D eigenvalue weighted by Crippen LogP contribution is 2.30. The van der Waals surface area contributed by atoms with Gasteiger partial charge < -0.3 is 10.6 Å². The number of nitrogens with one attached hydrogen (secondary N) is 2. The van der Waals surface area contributed by atoms with E-state index in [4.69, 9.17) is 11.6 Å². The van der Waals surface area contributed by atoms with E-state index in [1.165, 1.54) is 6.92 Å². The van der Waals surface area contributed by atoms with Crippen LogP contribution in [0, 0.1) is 5.92 Å². The maximum absolute atomic E-state index is 12.5. The molecule has 0 bridgehead atoms. The third kappa shape index (κ3) is 4.45. The van der Waals surface area contributed by atoms with Gasteiger partial charge in [-0.25, -0.2) is 0 Å². The normalized spacial score (nSPS) is 16.5. The zero-order valence-corrected chi connectivity index (χ0v) is 14.1. The quantitative estimate of drug-likeness (QED) is 0.845. The molecule has 1 aromatic carbocycles. The Hall–Kier alpha value is -1.07. The molecule has 1 aliphatic carbocycles. The number of halogens is 2. The van der Waals surface area contributed by atoms with Crippen LogP contribution in [0.4, 0.5) is 5.69 Å². The molecule has 1 saturated carbocycles. The van der Waals surface area contributed by atoms with E-state index in [-0.39, 0.29) is 17.7 Å². The second-order valence-corrected chi connectivity index (χ2v) is 6.66. The second-order valence-electron chi connectivity index (χ2n) is 5.34. The van der Waals surface area contributed by atoms with Crippen LogP contribution >= 0.6 is 27.5 Å². The monoisotopic (exact) mass is 372 g/mol. The number of benzene rings is 1. The molecule has 1 atom stereocenters. The van der Waals surface area contributed by atoms with Crippen molar-refractivity contribution < 1.29 is 9.59 Å². The summed E-state index contributed by atoms with van der Waals surface area (Å²) >= 11 is 9.44. The third-order valence-electron chi connectivity index (χ3n) is 3.70. The predicted molar refractivity (Wildman–Crippen MR) is 87.3 cm³/mol. The molecule has 0 spiro atoms. The molecule has 4 nitrogen and oxygen atoms in total. The van der Waals surface area contributed by atoms with Crippen molar-refractivity contribution in [3.63, 3.8) is 0 Å². The molecule has 2 amide bonds. The van der Waals surface area contributed by atoms with Crippen molar-refractivity contribution in [1.82, 2.24) is 5.32 Å². The van der Waals surface area contributed by atoms with E-state index in [9.17, 15) is 9.59 Å². The van der Waals surface area contributed by atoms with Crippen molar-refractivity contribution in [1.29, 1.82) is 0 Å². The van der Waals surface area contributed by atoms with E-state index in [1.807, 2.05) is 6.07 Å². The Labute approximate surface area is 137 Å². The fourth-order valence-corrected chi connectivity index (χ4v) is 3.43. The van der Waals surface area contributed by atoms with Crippen molar-refractivity contribution in [2.75, 3.05) is 5.32 Å². The molecule has 0 saturated heterocycles. The van der Waals surface area contributed by atoms with E-state index >= 15 is 0 Å². The number of anilines is 1. The predicted octanol–water partition coefficient (Wildman–Crippen LogP) is 3.74. The lowest BCUT2D eigenvalue weighted by Crippen LogP contribution is -2.47. The molecule has 2 rings (SSSR count). The van der Waals surface area contributed by atoms with Gasteiger partial charge in [0.15, 0.2) is 0 Å². The first-order chi connectivity index (χ1) is 9.97. The van der Waals surface area contributed by atoms with Crippen LogP contribution in [0.5, 0.6) is 0 Å². The standard InChI is InChI=1S/C15H18BrClN2O2/c1-9(20)18-14(10-4-2-3-5-10)15(21)19-13-7-6-11(16)8-12(13)17/h6-8,10,14H,2-5H2,1H3,(H,18,20)(H,19,21). The van der Waals surface area contributed by atoms with Crippen LogP contribution in [-0.4, -0.2) is 17.9 Å². The summed E-state index contributed by atoms with van der Waals surface area (Å²) in [5, 5.41) is 6.05. The Kier molecular flexibility index (Phi) is 5.65. The van der Waals surface area contributed by atoms with Gasteiger partial charge in [-0.15, -0.1) is 0 Å². The van der Waals surface area contributed by atoms with E-state index in [1.54, 1.807) is 12.1 Å². The van der Waals surface area contributed by atoms with Gasteiger partial charge in [0.1, 0.15) is 6.04 Å². The van der Waals surface area contributed by atoms with Crippen LogP contribution in [-0.2, 0) is 9.59 Å². The van der Waals surface area contributed by atoms with Crippen LogP contribution < -0.4 is 10.6 Å². The molecule has 0 aliphatic heterocycles. The molecule has 0 heterocycles. The van der Waals surface area contributed by atoms with Gasteiger partial charge in [0.2, 0.25) is 11.8 Å². The van der Waals surface area contributed by atoms with Gasteiger partial charge >= 0.3 is 0 Å². The number of carbonyl (C=O) groups is 2. The molecule has 6 heteroatoms. The van der Waals surface area contributed by atoms with Gasteiger partial charge in [-0.2, -0.15) is 0 Å². The molecule has 114 valence electrons. The van der Waals surface area contributed by atoms with Crippen LogP contribution in [0.3, 0.4) is 0 Å². The summed E-state index contributed by atoms with van der Waals surface area (Å²) in [6.45, 7) is 1.43. The summed E-state index contributed by atoms with van der Waals surface area (Å²) in [6, 6.07) is 4.78. The van der Waals surface area contributed by atoms with Crippen molar-refractivity contribution in [2.24, 2.45) is 5.92 Å². The average Bonchev–Trinajstić information content (AvgIpc) is 2.92. The highest BCUT2D eigenvalue weighted by Gasteiger charge is 2.31. The fraction of sp³-hybridized carbons (Fsp3) is 0.467. The minimum Gasteiger partial charge on any atom is -0.344 e. The Morgan fingerprint density at radius 1 is 1.33 bits per heavy atom. The maximum atomic E-state index is 12.5. The summed E-state index contributed by atoms with van der Waals surface area (Å²) in [6.07, 6.45) is 4.14. The Bertz CT molecular complexity index is 544. The van der Waals surface area contributed by atoms with Gasteiger partial charge in [0.05, 0.1) is 10.7 Å². The molecule has 1 fully saturated rings. The lowest BCUT2D eigenvalue weighted by molar-refractivity contribution is -0.126. The highest BCUT2D eigenvalue weighted by atomic mass is 79.9. The molecular weight excluding hydrogens is 356 g/mol. The van der Waals surface area contributed by atoms with Gasteiger partial charge in [-0.1, -0.05) is 40.4 Å². The maximum Gasteiger partial charge on any atom is 0.247 e. The first-order valence-corrected chi connectivity index (χ1v) is 8.17. The zero-order valence-electron chi connectivity index (χ0n) is 11.8. The summed E-state index contributed by atoms with van der Waals surface area (Å²) in [7, 11) is 0. The number of rotatable bonds is 4. The fourth-order valence-electron chi connectivity index (χ4n) is 2.71. The summed E-state index contributed by atoms with van der Waals surface area (Å²) in [4.78, 5) is 23.8. The minimum atomic E-state index is -0.496. The lowest BCUT2D eigenvalue weighted by Gasteiger charge is -2.23. The zero-order chi connectivity index (χ0) is 15.4. The van der Waals surface area contributed by atoms with Gasteiger partial charge in [0.25, 0.3) is 0 Å². The molecule has 0 radical (unpaired) electrons. The highest BCUT2D eigenvalue weighted by molar-refractivity contribution is 9.10. The average molecular weight is 374 g/mol. The first-order valence-electron chi connectivity index (χ1n) is 7.00. The molecular formula is C15H18BrClN2O2. The summed E-state index contributed by atoms with van der Waals surface area (Å²) < 4.78 is 0.847. The Balaban J connectivity index is 2.11. The molecule has 1 aromatic rings. The molecule has 2 N–H and O–H groups in total. The molecule has 21 heavy (non-hydrogen) atoms. The van der Waals surface area contributed by atoms with Crippen LogP contribution in [0.1, 0.15) is 32.6 Å². The molecule has 1 unspecified atom stereocenters. The number of hydrogen-bond acceptors (Lipinski definition) is 2. The SMILES string of the molecule is CC(=O)NC(C(=O)Nc1ccc(Br)cc1Cl)C1CCCC1. The van der Waals surface area contributed by atoms with Gasteiger partial charge in [0, 0.05) is 11.4 Å². The smallest absolute Gasteiger partial charge is 0.247 e. The lowest BCUT2D eigenvalue weighted by atomic mass is 9.97. The van der Waals surface area contributed by atoms with Gasteiger partial charge in [-0.05, 0) is 37.0 Å². The number of hydrogen-bond donors (Lipinski definition) is 2. The van der Waals surface area contributed by atoms with Crippen molar-refractivity contribution in [3.05, 3.63) is 27.7 Å². The summed E-state index contributed by atoms with van der Waals surface area (Å²) in [5.74, 6) is -0.201. The van der Waals surface area contributed by atoms with Crippen molar-refractivity contribution >= 4 is 45.0 Å². The van der Waals surface area contributed by atoms with E-state index in [2.05, 4.69) is 26.6 Å². The first kappa shape index (κ1) is 16.3. The second kappa shape index (κ2) is 7.27. The third-order valence-corrected chi connectivity index (χ3v) is 4.51. The number of amides is 2.